The van der Waals surface area contributed by atoms with Crippen molar-refractivity contribution in [1.82, 2.24) is 15.1 Å². The van der Waals surface area contributed by atoms with Crippen LogP contribution in [0.3, 0.4) is 0 Å². The molecule has 7 heteroatoms. The Morgan fingerprint density at radius 2 is 2.00 bits per heavy atom. The van der Waals surface area contributed by atoms with E-state index in [9.17, 15) is 14.3 Å². The van der Waals surface area contributed by atoms with Gasteiger partial charge in [-0.1, -0.05) is 24.3 Å². The number of nitrogens with one attached hydrogen (secondary N) is 1. The van der Waals surface area contributed by atoms with Gasteiger partial charge in [0, 0.05) is 16.7 Å². The summed E-state index contributed by atoms with van der Waals surface area (Å²) in [5, 5.41) is 17.9. The number of nitrogens with zero attached hydrogens (tertiary/aromatic N) is 2. The number of phenols is 1. The lowest BCUT2D eigenvalue weighted by atomic mass is 9.93. The Hall–Kier alpha value is -3.87. The number of fused-ring (bicyclic) bond motifs is 1. The summed E-state index contributed by atoms with van der Waals surface area (Å²) in [6.45, 7) is 3.94. The van der Waals surface area contributed by atoms with Crippen molar-refractivity contribution >= 4 is 5.91 Å². The number of furan rings is 1. The summed E-state index contributed by atoms with van der Waals surface area (Å²) in [6, 6.07) is 12.8. The van der Waals surface area contributed by atoms with Crippen LogP contribution in [0.2, 0.25) is 0 Å². The lowest BCUT2D eigenvalue weighted by Crippen LogP contribution is -2.29. The van der Waals surface area contributed by atoms with E-state index in [0.717, 1.165) is 11.1 Å². The van der Waals surface area contributed by atoms with Gasteiger partial charge in [-0.15, -0.1) is 0 Å². The van der Waals surface area contributed by atoms with Crippen LogP contribution in [0.15, 0.2) is 59.2 Å². The Morgan fingerprint density at radius 1 is 1.19 bits per heavy atom. The minimum atomic E-state index is -0.720. The third kappa shape index (κ3) is 3.01. The molecular weight excluding hydrogens is 397 g/mol. The minimum Gasteiger partial charge on any atom is -0.507 e. The fourth-order valence-electron chi connectivity index (χ4n) is 4.39. The van der Waals surface area contributed by atoms with E-state index < -0.39 is 11.9 Å². The zero-order valence-electron chi connectivity index (χ0n) is 17.0. The first-order valence-electron chi connectivity index (χ1n) is 9.92. The van der Waals surface area contributed by atoms with Crippen molar-refractivity contribution in [2.45, 2.75) is 26.4 Å². The quantitative estimate of drug-likeness (QED) is 0.496. The molecule has 31 heavy (non-hydrogen) atoms. The maximum absolute atomic E-state index is 14.9. The SMILES string of the molecule is Cc1cc(C)c(-c2n[nH]c3c2[C@H](c2ccccc2F)N(Cc2ccco2)C3=O)c(O)c1. The molecular formula is C24H20FN3O3. The highest BCUT2D eigenvalue weighted by atomic mass is 19.1. The molecule has 0 radical (unpaired) electrons. The zero-order valence-corrected chi connectivity index (χ0v) is 17.0. The van der Waals surface area contributed by atoms with Gasteiger partial charge in [-0.3, -0.25) is 9.89 Å². The fourth-order valence-corrected chi connectivity index (χ4v) is 4.39. The molecule has 0 saturated carbocycles. The Bertz CT molecular complexity index is 1270. The van der Waals surface area contributed by atoms with E-state index in [-0.39, 0.29) is 23.9 Å². The lowest BCUT2D eigenvalue weighted by molar-refractivity contribution is 0.0715. The van der Waals surface area contributed by atoms with Crippen LogP contribution < -0.4 is 0 Å². The lowest BCUT2D eigenvalue weighted by Gasteiger charge is -2.26. The van der Waals surface area contributed by atoms with Gasteiger partial charge < -0.3 is 14.4 Å². The molecule has 2 aromatic heterocycles. The molecule has 0 bridgehead atoms. The smallest absolute Gasteiger partial charge is 0.273 e. The largest absolute Gasteiger partial charge is 0.507 e. The van der Waals surface area contributed by atoms with Crippen LogP contribution in [-0.2, 0) is 6.54 Å². The van der Waals surface area contributed by atoms with Gasteiger partial charge in [0.1, 0.15) is 28.7 Å². The van der Waals surface area contributed by atoms with Crippen molar-refractivity contribution in [3.05, 3.63) is 94.3 Å². The number of H-pyrrole nitrogens is 1. The normalized spacial score (nSPS) is 15.5. The Labute approximate surface area is 177 Å². The number of halogens is 1. The van der Waals surface area contributed by atoms with Gasteiger partial charge in [0.05, 0.1) is 18.8 Å². The first-order chi connectivity index (χ1) is 15.0. The van der Waals surface area contributed by atoms with Gasteiger partial charge in [0.15, 0.2) is 0 Å². The predicted molar refractivity (Wildman–Crippen MR) is 112 cm³/mol. The molecule has 5 rings (SSSR count). The maximum Gasteiger partial charge on any atom is 0.273 e. The number of aromatic hydroxyl groups is 1. The maximum atomic E-state index is 14.9. The molecule has 1 aliphatic rings. The molecule has 1 amide bonds. The van der Waals surface area contributed by atoms with Crippen LogP contribution in [0.25, 0.3) is 11.3 Å². The van der Waals surface area contributed by atoms with Crippen LogP contribution in [-0.4, -0.2) is 26.1 Å². The Morgan fingerprint density at radius 3 is 2.71 bits per heavy atom. The number of aryl methyl sites for hydroxylation is 2. The summed E-state index contributed by atoms with van der Waals surface area (Å²) < 4.78 is 20.4. The average molecular weight is 417 g/mol. The van der Waals surface area contributed by atoms with E-state index in [2.05, 4.69) is 10.2 Å². The number of aromatic nitrogens is 2. The zero-order chi connectivity index (χ0) is 21.7. The minimum absolute atomic E-state index is 0.0658. The van der Waals surface area contributed by atoms with Crippen LogP contribution in [0.1, 0.15) is 44.5 Å². The van der Waals surface area contributed by atoms with Crippen molar-refractivity contribution < 1.29 is 18.7 Å². The van der Waals surface area contributed by atoms with Crippen LogP contribution in [0.5, 0.6) is 5.75 Å². The average Bonchev–Trinajstić information content (AvgIpc) is 3.43. The third-order valence-corrected chi connectivity index (χ3v) is 5.67. The van der Waals surface area contributed by atoms with Gasteiger partial charge >= 0.3 is 0 Å². The Kier molecular flexibility index (Phi) is 4.39. The highest BCUT2D eigenvalue weighted by molar-refractivity contribution is 6.00. The molecule has 156 valence electrons. The summed E-state index contributed by atoms with van der Waals surface area (Å²) in [4.78, 5) is 14.9. The fraction of sp³-hybridized carbons (Fsp3) is 0.167. The molecule has 1 atom stereocenters. The molecule has 0 fully saturated rings. The second-order valence-electron chi connectivity index (χ2n) is 7.77. The van der Waals surface area contributed by atoms with Crippen LogP contribution in [0, 0.1) is 19.7 Å². The van der Waals surface area contributed by atoms with Gasteiger partial charge in [-0.05, 0) is 49.2 Å². The van der Waals surface area contributed by atoms with Crippen molar-refractivity contribution in [3.8, 4) is 17.0 Å². The molecule has 0 aliphatic carbocycles. The van der Waals surface area contributed by atoms with E-state index in [4.69, 9.17) is 4.42 Å². The van der Waals surface area contributed by atoms with Gasteiger partial charge in [-0.2, -0.15) is 5.10 Å². The third-order valence-electron chi connectivity index (χ3n) is 5.67. The molecule has 0 saturated heterocycles. The molecule has 1 aliphatic heterocycles. The van der Waals surface area contributed by atoms with E-state index in [1.54, 1.807) is 41.3 Å². The summed E-state index contributed by atoms with van der Waals surface area (Å²) in [6.07, 6.45) is 1.54. The molecule has 0 spiro atoms. The first kappa shape index (κ1) is 19.1. The Balaban J connectivity index is 1.73. The molecule has 6 nitrogen and oxygen atoms in total. The molecule has 3 heterocycles. The van der Waals surface area contributed by atoms with E-state index in [1.807, 2.05) is 19.9 Å². The molecule has 4 aromatic rings. The summed E-state index contributed by atoms with van der Waals surface area (Å²) in [7, 11) is 0. The first-order valence-corrected chi connectivity index (χ1v) is 9.92. The van der Waals surface area contributed by atoms with Crippen molar-refractivity contribution in [2.24, 2.45) is 0 Å². The van der Waals surface area contributed by atoms with Gasteiger partial charge in [0.25, 0.3) is 5.91 Å². The number of hydrogen-bond donors (Lipinski definition) is 2. The van der Waals surface area contributed by atoms with Gasteiger partial charge in [-0.25, -0.2) is 4.39 Å². The highest BCUT2D eigenvalue weighted by Gasteiger charge is 2.44. The molecule has 2 aromatic carbocycles. The van der Waals surface area contributed by atoms with E-state index in [1.165, 1.54) is 12.3 Å². The molecule has 0 unspecified atom stereocenters. The monoisotopic (exact) mass is 417 g/mol. The number of phenolic OH excluding ortho intramolecular Hbond substituents is 1. The number of rotatable bonds is 4. The second-order valence-corrected chi connectivity index (χ2v) is 7.77. The van der Waals surface area contributed by atoms with Gasteiger partial charge in [0.2, 0.25) is 0 Å². The highest BCUT2D eigenvalue weighted by Crippen LogP contribution is 2.46. The standard InChI is InChI=1S/C24H20FN3O3/c1-13-10-14(2)19(18(29)11-13)21-20-22(27-26-21)24(30)28(12-15-6-5-9-31-15)23(20)16-7-3-4-8-17(16)25/h3-11,23,29H,12H2,1-2H3,(H,26,27)/t23-/m0/s1. The van der Waals surface area contributed by atoms with Crippen LogP contribution >= 0.6 is 0 Å². The summed E-state index contributed by atoms with van der Waals surface area (Å²) in [5.74, 6) is -0.0722. The van der Waals surface area contributed by atoms with Crippen molar-refractivity contribution in [1.29, 1.82) is 0 Å². The van der Waals surface area contributed by atoms with Crippen molar-refractivity contribution in [2.75, 3.05) is 0 Å². The number of amides is 1. The predicted octanol–water partition coefficient (Wildman–Crippen LogP) is 4.88. The number of aromatic amines is 1. The number of carbonyl (C=O) groups is 1. The van der Waals surface area contributed by atoms with Crippen molar-refractivity contribution in [3.63, 3.8) is 0 Å². The number of benzene rings is 2. The van der Waals surface area contributed by atoms with E-state index in [0.29, 0.717) is 28.1 Å². The summed E-state index contributed by atoms with van der Waals surface area (Å²) in [5.41, 5.74) is 3.87. The van der Waals surface area contributed by atoms with Crippen LogP contribution in [0.4, 0.5) is 4.39 Å². The topological polar surface area (TPSA) is 82.4 Å². The molecule has 2 N–H and O–H groups in total. The van der Waals surface area contributed by atoms with E-state index >= 15 is 0 Å². The summed E-state index contributed by atoms with van der Waals surface area (Å²) >= 11 is 0. The second kappa shape index (κ2) is 7.12. The number of carbonyl (C=O) groups excluding carboxylic acids is 1. The number of hydrogen-bond acceptors (Lipinski definition) is 4.